The number of hydrogen-bond acceptors (Lipinski definition) is 3. The predicted octanol–water partition coefficient (Wildman–Crippen LogP) is 4.43. The SMILES string of the molecule is Cc1oc(COc2cccc(Br)c2)cc1CNC(C)C. The number of nitrogens with one attached hydrogen (secondary N) is 1. The van der Waals surface area contributed by atoms with Crippen LogP contribution in [0.15, 0.2) is 39.2 Å². The molecule has 0 fully saturated rings. The summed E-state index contributed by atoms with van der Waals surface area (Å²) in [5, 5.41) is 3.39. The molecule has 0 aliphatic rings. The van der Waals surface area contributed by atoms with Crippen LogP contribution in [0.3, 0.4) is 0 Å². The van der Waals surface area contributed by atoms with Gasteiger partial charge in [-0.1, -0.05) is 35.8 Å². The van der Waals surface area contributed by atoms with Gasteiger partial charge in [0.25, 0.3) is 0 Å². The second-order valence-electron chi connectivity index (χ2n) is 5.08. The van der Waals surface area contributed by atoms with E-state index in [1.165, 1.54) is 5.56 Å². The molecule has 108 valence electrons. The van der Waals surface area contributed by atoms with Gasteiger partial charge in [-0.3, -0.25) is 0 Å². The molecule has 0 saturated carbocycles. The lowest BCUT2D eigenvalue weighted by Gasteiger charge is -2.06. The van der Waals surface area contributed by atoms with Crippen LogP contribution in [-0.2, 0) is 13.2 Å². The molecule has 4 heteroatoms. The Hall–Kier alpha value is -1.26. The fraction of sp³-hybridized carbons (Fsp3) is 0.375. The highest BCUT2D eigenvalue weighted by molar-refractivity contribution is 9.10. The van der Waals surface area contributed by atoms with Crippen molar-refractivity contribution in [2.75, 3.05) is 0 Å². The minimum atomic E-state index is 0.443. The normalized spacial score (nSPS) is 11.1. The van der Waals surface area contributed by atoms with Gasteiger partial charge < -0.3 is 14.5 Å². The van der Waals surface area contributed by atoms with Crippen LogP contribution in [0.2, 0.25) is 0 Å². The largest absolute Gasteiger partial charge is 0.486 e. The fourth-order valence-corrected chi connectivity index (χ4v) is 2.24. The van der Waals surface area contributed by atoms with Crippen LogP contribution in [-0.4, -0.2) is 6.04 Å². The minimum Gasteiger partial charge on any atom is -0.486 e. The van der Waals surface area contributed by atoms with E-state index in [1.807, 2.05) is 31.2 Å². The fourth-order valence-electron chi connectivity index (χ4n) is 1.86. The maximum Gasteiger partial charge on any atom is 0.146 e. The molecule has 2 aromatic rings. The Morgan fingerprint density at radius 3 is 2.80 bits per heavy atom. The highest BCUT2D eigenvalue weighted by Crippen LogP contribution is 2.20. The van der Waals surface area contributed by atoms with Crippen molar-refractivity contribution in [3.05, 3.63) is 51.9 Å². The highest BCUT2D eigenvalue weighted by Gasteiger charge is 2.08. The van der Waals surface area contributed by atoms with E-state index in [1.54, 1.807) is 0 Å². The third-order valence-electron chi connectivity index (χ3n) is 2.95. The van der Waals surface area contributed by atoms with Gasteiger partial charge in [-0.25, -0.2) is 0 Å². The van der Waals surface area contributed by atoms with Gasteiger partial charge in [0, 0.05) is 22.6 Å². The van der Waals surface area contributed by atoms with Crippen molar-refractivity contribution < 1.29 is 9.15 Å². The first-order chi connectivity index (χ1) is 9.54. The topological polar surface area (TPSA) is 34.4 Å². The summed E-state index contributed by atoms with van der Waals surface area (Å²) in [4.78, 5) is 0. The third-order valence-corrected chi connectivity index (χ3v) is 3.44. The summed E-state index contributed by atoms with van der Waals surface area (Å²) < 4.78 is 12.5. The van der Waals surface area contributed by atoms with Crippen molar-refractivity contribution in [1.82, 2.24) is 5.32 Å². The van der Waals surface area contributed by atoms with Crippen LogP contribution in [0, 0.1) is 6.92 Å². The summed E-state index contributed by atoms with van der Waals surface area (Å²) in [6.07, 6.45) is 0. The van der Waals surface area contributed by atoms with Gasteiger partial charge >= 0.3 is 0 Å². The smallest absolute Gasteiger partial charge is 0.146 e. The zero-order valence-corrected chi connectivity index (χ0v) is 13.7. The Balaban J connectivity index is 1.95. The standard InChI is InChI=1S/C16H20BrNO2/c1-11(2)18-9-13-7-16(20-12(13)3)10-19-15-6-4-5-14(17)8-15/h4-8,11,18H,9-10H2,1-3H3. The van der Waals surface area contributed by atoms with Gasteiger partial charge in [0.1, 0.15) is 23.9 Å². The molecule has 1 aromatic heterocycles. The van der Waals surface area contributed by atoms with Crippen molar-refractivity contribution in [2.45, 2.75) is 40.0 Å². The van der Waals surface area contributed by atoms with E-state index in [0.717, 1.165) is 28.3 Å². The number of rotatable bonds is 6. The molecular weight excluding hydrogens is 318 g/mol. The molecular formula is C16H20BrNO2. The molecule has 0 aliphatic carbocycles. The molecule has 0 unspecified atom stereocenters. The molecule has 1 N–H and O–H groups in total. The molecule has 0 aliphatic heterocycles. The van der Waals surface area contributed by atoms with Crippen LogP contribution in [0.25, 0.3) is 0 Å². The number of halogens is 1. The van der Waals surface area contributed by atoms with E-state index in [0.29, 0.717) is 12.6 Å². The summed E-state index contributed by atoms with van der Waals surface area (Å²) in [5.74, 6) is 2.63. The van der Waals surface area contributed by atoms with Crippen molar-refractivity contribution in [3.8, 4) is 5.75 Å². The van der Waals surface area contributed by atoms with Gasteiger partial charge in [-0.2, -0.15) is 0 Å². The lowest BCUT2D eigenvalue weighted by Crippen LogP contribution is -2.21. The molecule has 20 heavy (non-hydrogen) atoms. The zero-order chi connectivity index (χ0) is 14.5. The van der Waals surface area contributed by atoms with Gasteiger partial charge in [-0.05, 0) is 31.2 Å². The van der Waals surface area contributed by atoms with Crippen LogP contribution >= 0.6 is 15.9 Å². The van der Waals surface area contributed by atoms with Crippen LogP contribution < -0.4 is 10.1 Å². The summed E-state index contributed by atoms with van der Waals surface area (Å²) in [5.41, 5.74) is 1.19. The minimum absolute atomic E-state index is 0.443. The summed E-state index contributed by atoms with van der Waals surface area (Å²) in [6.45, 7) is 7.52. The molecule has 0 saturated heterocycles. The number of ether oxygens (including phenoxy) is 1. The first-order valence-corrected chi connectivity index (χ1v) is 7.54. The average molecular weight is 338 g/mol. The zero-order valence-electron chi connectivity index (χ0n) is 12.1. The van der Waals surface area contributed by atoms with E-state index >= 15 is 0 Å². The molecule has 2 rings (SSSR count). The van der Waals surface area contributed by atoms with Crippen LogP contribution in [0.1, 0.15) is 30.9 Å². The van der Waals surface area contributed by atoms with Crippen LogP contribution in [0.4, 0.5) is 0 Å². The first kappa shape index (κ1) is 15.1. The third kappa shape index (κ3) is 4.39. The predicted molar refractivity (Wildman–Crippen MR) is 83.9 cm³/mol. The lowest BCUT2D eigenvalue weighted by atomic mass is 10.2. The van der Waals surface area contributed by atoms with E-state index in [9.17, 15) is 0 Å². The van der Waals surface area contributed by atoms with Crippen molar-refractivity contribution in [2.24, 2.45) is 0 Å². The molecule has 0 spiro atoms. The first-order valence-electron chi connectivity index (χ1n) is 6.74. The van der Waals surface area contributed by atoms with E-state index < -0.39 is 0 Å². The summed E-state index contributed by atoms with van der Waals surface area (Å²) >= 11 is 3.43. The molecule has 0 radical (unpaired) electrons. The highest BCUT2D eigenvalue weighted by atomic mass is 79.9. The van der Waals surface area contributed by atoms with E-state index in [4.69, 9.17) is 9.15 Å². The Morgan fingerprint density at radius 2 is 2.10 bits per heavy atom. The molecule has 1 aromatic carbocycles. The van der Waals surface area contributed by atoms with Crippen molar-refractivity contribution in [3.63, 3.8) is 0 Å². The number of aryl methyl sites for hydroxylation is 1. The van der Waals surface area contributed by atoms with Crippen LogP contribution in [0.5, 0.6) is 5.75 Å². The quantitative estimate of drug-likeness (QED) is 0.846. The van der Waals surface area contributed by atoms with Crippen molar-refractivity contribution >= 4 is 15.9 Å². The number of furan rings is 1. The lowest BCUT2D eigenvalue weighted by molar-refractivity contribution is 0.267. The molecule has 0 amide bonds. The van der Waals surface area contributed by atoms with E-state index in [2.05, 4.69) is 41.2 Å². The maximum absolute atomic E-state index is 5.72. The molecule has 1 heterocycles. The Morgan fingerprint density at radius 1 is 1.30 bits per heavy atom. The Labute approximate surface area is 128 Å². The van der Waals surface area contributed by atoms with Gasteiger partial charge in [0.15, 0.2) is 0 Å². The van der Waals surface area contributed by atoms with Gasteiger partial charge in [-0.15, -0.1) is 0 Å². The van der Waals surface area contributed by atoms with E-state index in [-0.39, 0.29) is 0 Å². The second kappa shape index (κ2) is 6.95. The summed E-state index contributed by atoms with van der Waals surface area (Å²) in [7, 11) is 0. The number of benzene rings is 1. The Bertz CT molecular complexity index is 563. The molecule has 3 nitrogen and oxygen atoms in total. The van der Waals surface area contributed by atoms with Gasteiger partial charge in [0.2, 0.25) is 0 Å². The summed E-state index contributed by atoms with van der Waals surface area (Å²) in [6, 6.07) is 10.3. The maximum atomic E-state index is 5.72. The molecule has 0 atom stereocenters. The monoisotopic (exact) mass is 337 g/mol. The molecule has 0 bridgehead atoms. The second-order valence-corrected chi connectivity index (χ2v) is 5.99. The van der Waals surface area contributed by atoms with Crippen molar-refractivity contribution in [1.29, 1.82) is 0 Å². The average Bonchev–Trinajstić information content (AvgIpc) is 2.75. The Kier molecular flexibility index (Phi) is 5.26. The van der Waals surface area contributed by atoms with Gasteiger partial charge in [0.05, 0.1) is 0 Å². The number of hydrogen-bond donors (Lipinski definition) is 1.